The molecule has 0 bridgehead atoms. The van der Waals surface area contributed by atoms with Crippen LogP contribution >= 0.6 is 11.3 Å². The summed E-state index contributed by atoms with van der Waals surface area (Å²) >= 11 is 1.84. The van der Waals surface area contributed by atoms with Crippen molar-refractivity contribution in [2.45, 2.75) is 0 Å². The third-order valence-corrected chi connectivity index (χ3v) is 11.1. The molecule has 0 unspecified atom stereocenters. The van der Waals surface area contributed by atoms with Gasteiger partial charge < -0.3 is 9.32 Å². The molecule has 0 N–H and O–H groups in total. The molecular weight excluding hydrogens is 639 g/mol. The highest BCUT2D eigenvalue weighted by Crippen LogP contribution is 2.47. The van der Waals surface area contributed by atoms with Crippen molar-refractivity contribution in [3.63, 3.8) is 0 Å². The number of hydrogen-bond acceptors (Lipinski definition) is 3. The molecule has 0 radical (unpaired) electrons. The summed E-state index contributed by atoms with van der Waals surface area (Å²) in [5.41, 5.74) is 12.5. The maximum absolute atomic E-state index is 6.51. The molecular formula is C48H31NOS. The lowest BCUT2D eigenvalue weighted by Crippen LogP contribution is -2.09. The first kappa shape index (κ1) is 29.5. The Morgan fingerprint density at radius 3 is 1.55 bits per heavy atom. The number of thiophene rings is 1. The largest absolute Gasteiger partial charge is 0.455 e. The predicted octanol–water partition coefficient (Wildman–Crippen LogP) is 14.4. The molecule has 2 nitrogen and oxygen atoms in total. The average Bonchev–Trinajstić information content (AvgIpc) is 3.78. The molecule has 0 saturated heterocycles. The standard InChI is InChI=1S/C48H31NOS/c1-3-11-32(12-4-1)34-23-27-38(28-24-34)49(37-13-5-2-6-14-37)39-29-25-35(26-30-39)33-19-21-36(22-20-33)42-31-43-40-15-7-9-17-44(40)50-47(43)46-41-16-8-10-18-45(41)51-48(42)46/h1-31H. The fourth-order valence-electron chi connectivity index (χ4n) is 7.38. The number of benzene rings is 8. The fourth-order valence-corrected chi connectivity index (χ4v) is 8.62. The average molecular weight is 670 g/mol. The van der Waals surface area contributed by atoms with E-state index < -0.39 is 0 Å². The first-order valence-corrected chi connectivity index (χ1v) is 18.1. The normalized spacial score (nSPS) is 11.5. The summed E-state index contributed by atoms with van der Waals surface area (Å²) < 4.78 is 9.04. The molecule has 0 atom stereocenters. The molecule has 0 spiro atoms. The summed E-state index contributed by atoms with van der Waals surface area (Å²) in [6, 6.07) is 67.2. The molecule has 240 valence electrons. The van der Waals surface area contributed by atoms with Crippen LogP contribution in [0.4, 0.5) is 17.1 Å². The molecule has 0 aliphatic heterocycles. The Morgan fingerprint density at radius 1 is 0.392 bits per heavy atom. The van der Waals surface area contributed by atoms with E-state index in [0.717, 1.165) is 39.0 Å². The minimum absolute atomic E-state index is 0.926. The molecule has 8 aromatic carbocycles. The summed E-state index contributed by atoms with van der Waals surface area (Å²) in [6.45, 7) is 0. The summed E-state index contributed by atoms with van der Waals surface area (Å²) in [6.07, 6.45) is 0. The fraction of sp³-hybridized carbons (Fsp3) is 0. The van der Waals surface area contributed by atoms with Gasteiger partial charge in [0.1, 0.15) is 11.2 Å². The third-order valence-electron chi connectivity index (χ3n) is 9.89. The molecule has 0 saturated carbocycles. The molecule has 0 aliphatic carbocycles. The highest BCUT2D eigenvalue weighted by atomic mass is 32.1. The summed E-state index contributed by atoms with van der Waals surface area (Å²) in [4.78, 5) is 2.31. The molecule has 51 heavy (non-hydrogen) atoms. The first-order valence-electron chi connectivity index (χ1n) is 17.3. The number of rotatable bonds is 6. The molecule has 10 rings (SSSR count). The zero-order chi connectivity index (χ0) is 33.7. The zero-order valence-corrected chi connectivity index (χ0v) is 28.5. The van der Waals surface area contributed by atoms with Crippen molar-refractivity contribution in [3.8, 4) is 33.4 Å². The monoisotopic (exact) mass is 669 g/mol. The Labute approximate surface area is 300 Å². The van der Waals surface area contributed by atoms with Crippen molar-refractivity contribution >= 4 is 70.5 Å². The van der Waals surface area contributed by atoms with Crippen LogP contribution in [0.15, 0.2) is 192 Å². The van der Waals surface area contributed by atoms with Gasteiger partial charge in [0.15, 0.2) is 0 Å². The number of furan rings is 1. The number of anilines is 3. The van der Waals surface area contributed by atoms with Gasteiger partial charge in [-0.3, -0.25) is 0 Å². The quantitative estimate of drug-likeness (QED) is 0.175. The van der Waals surface area contributed by atoms with Crippen molar-refractivity contribution in [2.75, 3.05) is 4.90 Å². The van der Waals surface area contributed by atoms with E-state index in [0.29, 0.717) is 0 Å². The van der Waals surface area contributed by atoms with E-state index in [2.05, 4.69) is 187 Å². The Morgan fingerprint density at radius 2 is 0.882 bits per heavy atom. The zero-order valence-electron chi connectivity index (χ0n) is 27.7. The summed E-state index contributed by atoms with van der Waals surface area (Å²) in [7, 11) is 0. The number of nitrogens with zero attached hydrogens (tertiary/aromatic N) is 1. The number of hydrogen-bond donors (Lipinski definition) is 0. The predicted molar refractivity (Wildman–Crippen MR) is 218 cm³/mol. The van der Waals surface area contributed by atoms with Gasteiger partial charge in [-0.05, 0) is 82.4 Å². The van der Waals surface area contributed by atoms with Gasteiger partial charge in [0.05, 0.1) is 0 Å². The molecule has 2 heterocycles. The van der Waals surface area contributed by atoms with Crippen molar-refractivity contribution in [2.24, 2.45) is 0 Å². The Kier molecular flexibility index (Phi) is 7.04. The van der Waals surface area contributed by atoms with Crippen LogP contribution in [0.2, 0.25) is 0 Å². The van der Waals surface area contributed by atoms with Gasteiger partial charge >= 0.3 is 0 Å². The Balaban J connectivity index is 1.01. The smallest absolute Gasteiger partial charge is 0.144 e. The Bertz CT molecular complexity index is 2810. The SMILES string of the molecule is c1ccc(-c2ccc(N(c3ccccc3)c3ccc(-c4ccc(-c5cc6c7ccccc7oc6c6c5sc5ccccc56)cc4)cc3)cc2)cc1. The van der Waals surface area contributed by atoms with Gasteiger partial charge in [-0.15, -0.1) is 11.3 Å². The lowest BCUT2D eigenvalue weighted by atomic mass is 9.97. The lowest BCUT2D eigenvalue weighted by molar-refractivity contribution is 0.673. The second kappa shape index (κ2) is 12.2. The highest BCUT2D eigenvalue weighted by molar-refractivity contribution is 7.26. The molecule has 10 aromatic rings. The molecule has 3 heteroatoms. The van der Waals surface area contributed by atoms with Gasteiger partial charge in [0.2, 0.25) is 0 Å². The Hall–Kier alpha value is -6.42. The van der Waals surface area contributed by atoms with Gasteiger partial charge in [0.25, 0.3) is 0 Å². The number of para-hydroxylation sites is 2. The van der Waals surface area contributed by atoms with Gasteiger partial charge in [-0.25, -0.2) is 0 Å². The number of fused-ring (bicyclic) bond motifs is 7. The second-order valence-electron chi connectivity index (χ2n) is 12.9. The second-order valence-corrected chi connectivity index (χ2v) is 14.0. The van der Waals surface area contributed by atoms with E-state index >= 15 is 0 Å². The molecule has 0 fully saturated rings. The van der Waals surface area contributed by atoms with E-state index in [9.17, 15) is 0 Å². The first-order chi connectivity index (χ1) is 25.3. The van der Waals surface area contributed by atoms with Crippen molar-refractivity contribution < 1.29 is 4.42 Å². The van der Waals surface area contributed by atoms with E-state index in [1.165, 1.54) is 53.6 Å². The maximum Gasteiger partial charge on any atom is 0.144 e. The van der Waals surface area contributed by atoms with Gasteiger partial charge in [-0.2, -0.15) is 0 Å². The van der Waals surface area contributed by atoms with Crippen LogP contribution in [0, 0.1) is 0 Å². The van der Waals surface area contributed by atoms with E-state index in [1.807, 2.05) is 17.4 Å². The molecule has 0 amide bonds. The van der Waals surface area contributed by atoms with Crippen LogP contribution in [0.5, 0.6) is 0 Å². The van der Waals surface area contributed by atoms with Gasteiger partial charge in [-0.1, -0.05) is 133 Å². The van der Waals surface area contributed by atoms with Crippen molar-refractivity contribution in [1.82, 2.24) is 0 Å². The van der Waals surface area contributed by atoms with E-state index in [-0.39, 0.29) is 0 Å². The minimum atomic E-state index is 0.926. The molecule has 0 aliphatic rings. The highest BCUT2D eigenvalue weighted by Gasteiger charge is 2.19. The maximum atomic E-state index is 6.51. The van der Waals surface area contributed by atoms with Crippen molar-refractivity contribution in [3.05, 3.63) is 188 Å². The van der Waals surface area contributed by atoms with E-state index in [4.69, 9.17) is 4.42 Å². The van der Waals surface area contributed by atoms with Crippen LogP contribution in [0.3, 0.4) is 0 Å². The third kappa shape index (κ3) is 5.10. The van der Waals surface area contributed by atoms with Crippen LogP contribution < -0.4 is 4.90 Å². The summed E-state index contributed by atoms with van der Waals surface area (Å²) in [5, 5.41) is 4.77. The van der Waals surface area contributed by atoms with Crippen LogP contribution in [-0.4, -0.2) is 0 Å². The van der Waals surface area contributed by atoms with Crippen molar-refractivity contribution in [1.29, 1.82) is 0 Å². The van der Waals surface area contributed by atoms with Crippen LogP contribution in [0.1, 0.15) is 0 Å². The topological polar surface area (TPSA) is 16.4 Å². The van der Waals surface area contributed by atoms with E-state index in [1.54, 1.807) is 0 Å². The van der Waals surface area contributed by atoms with Crippen LogP contribution in [-0.2, 0) is 0 Å². The van der Waals surface area contributed by atoms with Gasteiger partial charge in [0, 0.05) is 53.6 Å². The summed E-state index contributed by atoms with van der Waals surface area (Å²) in [5.74, 6) is 0. The molecule has 2 aromatic heterocycles. The minimum Gasteiger partial charge on any atom is -0.455 e. The lowest BCUT2D eigenvalue weighted by Gasteiger charge is -2.26. The van der Waals surface area contributed by atoms with Crippen LogP contribution in [0.25, 0.3) is 75.5 Å².